The van der Waals surface area contributed by atoms with E-state index >= 15 is 0 Å². The number of hydrogen-bond acceptors (Lipinski definition) is 5. The third kappa shape index (κ3) is 3.53. The number of benzene rings is 1. The number of fused-ring (bicyclic) bond motifs is 1. The fourth-order valence-corrected chi connectivity index (χ4v) is 3.49. The number of rotatable bonds is 6. The molecule has 30 heavy (non-hydrogen) atoms. The molecule has 148 valence electrons. The Bertz CT molecular complexity index is 1270. The van der Waals surface area contributed by atoms with Crippen molar-refractivity contribution in [3.05, 3.63) is 78.5 Å². The summed E-state index contributed by atoms with van der Waals surface area (Å²) < 4.78 is 0. The lowest BCUT2D eigenvalue weighted by Crippen LogP contribution is -2.05. The topological polar surface area (TPSA) is 95.2 Å². The molecule has 5 aromatic rings. The van der Waals surface area contributed by atoms with Crippen LogP contribution in [0.25, 0.3) is 33.5 Å². The van der Waals surface area contributed by atoms with Crippen LogP contribution in [0.15, 0.2) is 67.3 Å². The van der Waals surface area contributed by atoms with Gasteiger partial charge in [0, 0.05) is 41.3 Å². The Morgan fingerprint density at radius 3 is 2.60 bits per heavy atom. The van der Waals surface area contributed by atoms with Crippen molar-refractivity contribution in [3.8, 4) is 22.4 Å². The first-order valence-corrected chi connectivity index (χ1v) is 9.86. The van der Waals surface area contributed by atoms with E-state index in [2.05, 4.69) is 60.8 Å². The van der Waals surface area contributed by atoms with E-state index in [1.54, 1.807) is 12.4 Å². The van der Waals surface area contributed by atoms with E-state index in [1.165, 1.54) is 5.56 Å². The highest BCUT2D eigenvalue weighted by molar-refractivity contribution is 5.91. The molecule has 0 saturated heterocycles. The Morgan fingerprint density at radius 1 is 0.933 bits per heavy atom. The second kappa shape index (κ2) is 7.79. The van der Waals surface area contributed by atoms with E-state index in [1.807, 2.05) is 31.5 Å². The van der Waals surface area contributed by atoms with E-state index in [0.717, 1.165) is 58.0 Å². The summed E-state index contributed by atoms with van der Waals surface area (Å²) in [4.78, 5) is 17.1. The molecular weight excluding hydrogens is 374 g/mol. The lowest BCUT2D eigenvalue weighted by atomic mass is 10.1. The predicted molar refractivity (Wildman–Crippen MR) is 118 cm³/mol. The second-order valence-electron chi connectivity index (χ2n) is 7.16. The van der Waals surface area contributed by atoms with E-state index < -0.39 is 0 Å². The Kier molecular flexibility index (Phi) is 4.69. The SMILES string of the molecule is Cc1[nH]ncc1-c1cnc2[nH]cc(-c3ccc(NCCc4ccccc4)nc3)c2n1. The summed E-state index contributed by atoms with van der Waals surface area (Å²) in [7, 11) is 0. The molecule has 7 nitrogen and oxygen atoms in total. The van der Waals surface area contributed by atoms with Gasteiger partial charge >= 0.3 is 0 Å². The monoisotopic (exact) mass is 395 g/mol. The summed E-state index contributed by atoms with van der Waals surface area (Å²) in [5, 5.41) is 10.4. The first-order valence-electron chi connectivity index (χ1n) is 9.86. The highest BCUT2D eigenvalue weighted by atomic mass is 15.1. The van der Waals surface area contributed by atoms with Gasteiger partial charge in [0.05, 0.1) is 18.1 Å². The molecule has 0 saturated carbocycles. The smallest absolute Gasteiger partial charge is 0.156 e. The van der Waals surface area contributed by atoms with Crippen LogP contribution < -0.4 is 5.32 Å². The van der Waals surface area contributed by atoms with Gasteiger partial charge in [-0.15, -0.1) is 0 Å². The van der Waals surface area contributed by atoms with Gasteiger partial charge in [0.2, 0.25) is 0 Å². The van der Waals surface area contributed by atoms with Crippen molar-refractivity contribution in [1.29, 1.82) is 0 Å². The van der Waals surface area contributed by atoms with Crippen molar-refractivity contribution >= 4 is 17.0 Å². The highest BCUT2D eigenvalue weighted by Gasteiger charge is 2.13. The second-order valence-corrected chi connectivity index (χ2v) is 7.16. The Hall–Kier alpha value is -4.00. The van der Waals surface area contributed by atoms with Gasteiger partial charge in [-0.25, -0.2) is 15.0 Å². The fourth-order valence-electron chi connectivity index (χ4n) is 3.49. The van der Waals surface area contributed by atoms with Gasteiger partial charge in [0.15, 0.2) is 5.65 Å². The van der Waals surface area contributed by atoms with E-state index in [4.69, 9.17) is 4.98 Å². The van der Waals surface area contributed by atoms with Crippen LogP contribution in [0.1, 0.15) is 11.3 Å². The normalized spacial score (nSPS) is 11.1. The van der Waals surface area contributed by atoms with E-state index in [9.17, 15) is 0 Å². The molecule has 0 radical (unpaired) electrons. The molecule has 0 bridgehead atoms. The van der Waals surface area contributed by atoms with Crippen molar-refractivity contribution in [2.75, 3.05) is 11.9 Å². The molecule has 0 aliphatic rings. The molecule has 1 aromatic carbocycles. The minimum atomic E-state index is 0.750. The molecule has 0 atom stereocenters. The summed E-state index contributed by atoms with van der Waals surface area (Å²) in [6.07, 6.45) is 8.28. The van der Waals surface area contributed by atoms with Gasteiger partial charge in [-0.2, -0.15) is 5.10 Å². The molecule has 3 N–H and O–H groups in total. The molecule has 7 heteroatoms. The number of pyridine rings is 1. The number of H-pyrrole nitrogens is 2. The maximum absolute atomic E-state index is 4.82. The van der Waals surface area contributed by atoms with Crippen LogP contribution in [0.4, 0.5) is 5.82 Å². The van der Waals surface area contributed by atoms with Crippen molar-refractivity contribution in [1.82, 2.24) is 30.1 Å². The van der Waals surface area contributed by atoms with Crippen LogP contribution in [0.5, 0.6) is 0 Å². The number of aryl methyl sites for hydroxylation is 1. The Balaban J connectivity index is 1.35. The molecular formula is C23H21N7. The zero-order valence-corrected chi connectivity index (χ0v) is 16.6. The molecule has 4 aromatic heterocycles. The predicted octanol–water partition coefficient (Wildman–Crippen LogP) is 4.37. The summed E-state index contributed by atoms with van der Waals surface area (Å²) >= 11 is 0. The Morgan fingerprint density at radius 2 is 1.83 bits per heavy atom. The van der Waals surface area contributed by atoms with Crippen molar-refractivity contribution in [2.45, 2.75) is 13.3 Å². The third-order valence-electron chi connectivity index (χ3n) is 5.12. The zero-order chi connectivity index (χ0) is 20.3. The molecule has 4 heterocycles. The first-order chi connectivity index (χ1) is 14.8. The lowest BCUT2D eigenvalue weighted by Gasteiger charge is -2.07. The molecule has 0 amide bonds. The van der Waals surface area contributed by atoms with Crippen LogP contribution in [0, 0.1) is 6.92 Å². The summed E-state index contributed by atoms with van der Waals surface area (Å²) in [6, 6.07) is 14.5. The average Bonchev–Trinajstić information content (AvgIpc) is 3.40. The largest absolute Gasteiger partial charge is 0.370 e. The molecule has 0 unspecified atom stereocenters. The standard InChI is InChI=1S/C23H21N7/c1-15-18(13-28-30-15)20-14-27-23-22(29-20)19(12-26-23)17-7-8-21(25-11-17)24-10-9-16-5-3-2-4-6-16/h2-8,11-14H,9-10H2,1H3,(H,24,25)(H,26,27)(H,28,30). The van der Waals surface area contributed by atoms with Gasteiger partial charge in [0.25, 0.3) is 0 Å². The van der Waals surface area contributed by atoms with Gasteiger partial charge in [-0.05, 0) is 31.0 Å². The van der Waals surface area contributed by atoms with Crippen LogP contribution in [0.2, 0.25) is 0 Å². The molecule has 5 rings (SSSR count). The first kappa shape index (κ1) is 18.1. The van der Waals surface area contributed by atoms with Crippen molar-refractivity contribution in [2.24, 2.45) is 0 Å². The summed E-state index contributed by atoms with van der Waals surface area (Å²) in [6.45, 7) is 2.81. The van der Waals surface area contributed by atoms with Crippen LogP contribution in [-0.2, 0) is 6.42 Å². The van der Waals surface area contributed by atoms with Crippen LogP contribution in [-0.4, -0.2) is 36.7 Å². The molecule has 0 aliphatic carbocycles. The third-order valence-corrected chi connectivity index (χ3v) is 5.12. The number of anilines is 1. The fraction of sp³-hybridized carbons (Fsp3) is 0.130. The maximum atomic E-state index is 4.82. The van der Waals surface area contributed by atoms with Crippen LogP contribution >= 0.6 is 0 Å². The van der Waals surface area contributed by atoms with Crippen molar-refractivity contribution < 1.29 is 0 Å². The number of hydrogen-bond donors (Lipinski definition) is 3. The lowest BCUT2D eigenvalue weighted by molar-refractivity contribution is 1.01. The minimum absolute atomic E-state index is 0.750. The Labute approximate surface area is 173 Å². The van der Waals surface area contributed by atoms with Gasteiger partial charge in [-0.3, -0.25) is 5.10 Å². The number of nitrogens with one attached hydrogen (secondary N) is 3. The maximum Gasteiger partial charge on any atom is 0.156 e. The number of aromatic amines is 2. The molecule has 0 spiro atoms. The minimum Gasteiger partial charge on any atom is -0.370 e. The summed E-state index contributed by atoms with van der Waals surface area (Å²) in [5.41, 5.74) is 7.55. The number of aromatic nitrogens is 6. The average molecular weight is 395 g/mol. The van der Waals surface area contributed by atoms with Crippen LogP contribution in [0.3, 0.4) is 0 Å². The van der Waals surface area contributed by atoms with Gasteiger partial charge < -0.3 is 10.3 Å². The molecule has 0 aliphatic heterocycles. The van der Waals surface area contributed by atoms with Gasteiger partial charge in [0.1, 0.15) is 11.3 Å². The number of nitrogens with zero attached hydrogens (tertiary/aromatic N) is 4. The highest BCUT2D eigenvalue weighted by Crippen LogP contribution is 2.29. The quantitative estimate of drug-likeness (QED) is 0.397. The zero-order valence-electron chi connectivity index (χ0n) is 16.6. The van der Waals surface area contributed by atoms with Crippen molar-refractivity contribution in [3.63, 3.8) is 0 Å². The van der Waals surface area contributed by atoms with E-state index in [-0.39, 0.29) is 0 Å². The van der Waals surface area contributed by atoms with E-state index in [0.29, 0.717) is 0 Å². The summed E-state index contributed by atoms with van der Waals surface area (Å²) in [5.74, 6) is 0.857. The molecule has 0 fully saturated rings. The van der Waals surface area contributed by atoms with Gasteiger partial charge in [-0.1, -0.05) is 30.3 Å².